The van der Waals surface area contributed by atoms with E-state index in [9.17, 15) is 4.79 Å². The summed E-state index contributed by atoms with van der Waals surface area (Å²) in [6, 6.07) is 10.4. The first-order valence-electron chi connectivity index (χ1n) is 10.4. The lowest BCUT2D eigenvalue weighted by atomic mass is 9.76. The summed E-state index contributed by atoms with van der Waals surface area (Å²) in [4.78, 5) is 12.6. The smallest absolute Gasteiger partial charge is 0.306 e. The van der Waals surface area contributed by atoms with Gasteiger partial charge in [-0.05, 0) is 78.2 Å². The van der Waals surface area contributed by atoms with Gasteiger partial charge in [0.1, 0.15) is 5.60 Å². The predicted molar refractivity (Wildman–Crippen MR) is 114 cm³/mol. The molecular weight excluding hydrogens is 332 g/mol. The molecule has 0 fully saturated rings. The van der Waals surface area contributed by atoms with Crippen LogP contribution in [-0.2, 0) is 16.0 Å². The molecule has 0 N–H and O–H groups in total. The number of allylic oxidation sites excluding steroid dienone is 4. The Balaban J connectivity index is 1.93. The summed E-state index contributed by atoms with van der Waals surface area (Å²) in [5.41, 5.74) is 3.70. The Labute approximate surface area is 165 Å². The molecule has 0 aromatic heterocycles. The molecule has 0 heterocycles. The summed E-state index contributed by atoms with van der Waals surface area (Å²) in [6.45, 7) is 8.60. The van der Waals surface area contributed by atoms with E-state index < -0.39 is 0 Å². The number of ether oxygens (including phenoxy) is 1. The SMILES string of the molecule is CC(C)=CCCC(C)(OC(=O)CCCc1ccccc1)C1CC=C(C)CC1. The van der Waals surface area contributed by atoms with Crippen molar-refractivity contribution in [1.82, 2.24) is 0 Å². The molecule has 1 aromatic carbocycles. The number of hydrogen-bond donors (Lipinski definition) is 0. The van der Waals surface area contributed by atoms with Crippen LogP contribution in [0.25, 0.3) is 0 Å². The van der Waals surface area contributed by atoms with Gasteiger partial charge in [0, 0.05) is 12.3 Å². The average Bonchev–Trinajstić information content (AvgIpc) is 2.62. The summed E-state index contributed by atoms with van der Waals surface area (Å²) in [7, 11) is 0. The third-order valence-electron chi connectivity index (χ3n) is 5.73. The Kier molecular flexibility index (Phi) is 8.34. The van der Waals surface area contributed by atoms with Crippen LogP contribution < -0.4 is 0 Å². The summed E-state index contributed by atoms with van der Waals surface area (Å²) < 4.78 is 6.14. The number of esters is 1. The number of carbonyl (C=O) groups is 1. The van der Waals surface area contributed by atoms with Crippen LogP contribution in [0.5, 0.6) is 0 Å². The van der Waals surface area contributed by atoms with Crippen LogP contribution in [0, 0.1) is 5.92 Å². The molecule has 0 aliphatic heterocycles. The molecule has 2 unspecified atom stereocenters. The first kappa shape index (κ1) is 21.5. The van der Waals surface area contributed by atoms with Crippen molar-refractivity contribution in [3.05, 3.63) is 59.2 Å². The highest BCUT2D eigenvalue weighted by Crippen LogP contribution is 2.38. The van der Waals surface area contributed by atoms with E-state index in [1.807, 2.05) is 18.2 Å². The molecule has 2 rings (SSSR count). The highest BCUT2D eigenvalue weighted by Gasteiger charge is 2.37. The number of benzene rings is 1. The van der Waals surface area contributed by atoms with Crippen LogP contribution >= 0.6 is 0 Å². The molecular formula is C25H36O2. The predicted octanol–water partition coefficient (Wildman–Crippen LogP) is 6.80. The normalized spacial score (nSPS) is 19.0. The molecule has 1 aliphatic carbocycles. The maximum atomic E-state index is 12.6. The van der Waals surface area contributed by atoms with Crippen LogP contribution in [-0.4, -0.2) is 11.6 Å². The van der Waals surface area contributed by atoms with Crippen LogP contribution in [0.4, 0.5) is 0 Å². The third-order valence-corrected chi connectivity index (χ3v) is 5.73. The van der Waals surface area contributed by atoms with Crippen molar-refractivity contribution in [1.29, 1.82) is 0 Å². The van der Waals surface area contributed by atoms with E-state index in [0.717, 1.165) is 44.9 Å². The zero-order valence-corrected chi connectivity index (χ0v) is 17.6. The van der Waals surface area contributed by atoms with Gasteiger partial charge in [-0.15, -0.1) is 0 Å². The molecule has 0 saturated carbocycles. The highest BCUT2D eigenvalue weighted by molar-refractivity contribution is 5.70. The van der Waals surface area contributed by atoms with Gasteiger partial charge in [0.15, 0.2) is 0 Å². The Hall–Kier alpha value is -1.83. The second-order valence-electron chi connectivity index (χ2n) is 8.47. The molecule has 148 valence electrons. The van der Waals surface area contributed by atoms with Crippen molar-refractivity contribution in [2.45, 2.75) is 84.7 Å². The molecule has 2 heteroatoms. The van der Waals surface area contributed by atoms with E-state index >= 15 is 0 Å². The highest BCUT2D eigenvalue weighted by atomic mass is 16.6. The van der Waals surface area contributed by atoms with Crippen LogP contribution in [0.3, 0.4) is 0 Å². The lowest BCUT2D eigenvalue weighted by Gasteiger charge is -2.39. The zero-order valence-electron chi connectivity index (χ0n) is 17.6. The van der Waals surface area contributed by atoms with Gasteiger partial charge in [0.05, 0.1) is 0 Å². The zero-order chi connectivity index (χ0) is 19.7. The topological polar surface area (TPSA) is 26.3 Å². The van der Waals surface area contributed by atoms with Crippen LogP contribution in [0.2, 0.25) is 0 Å². The molecule has 0 spiro atoms. The van der Waals surface area contributed by atoms with Gasteiger partial charge >= 0.3 is 5.97 Å². The van der Waals surface area contributed by atoms with E-state index in [-0.39, 0.29) is 11.6 Å². The first-order chi connectivity index (χ1) is 12.9. The van der Waals surface area contributed by atoms with Crippen LogP contribution in [0.15, 0.2) is 53.6 Å². The number of aryl methyl sites for hydroxylation is 1. The second-order valence-corrected chi connectivity index (χ2v) is 8.47. The monoisotopic (exact) mass is 368 g/mol. The van der Waals surface area contributed by atoms with Gasteiger partial charge in [-0.3, -0.25) is 4.79 Å². The van der Waals surface area contributed by atoms with Gasteiger partial charge in [-0.2, -0.15) is 0 Å². The Morgan fingerprint density at radius 2 is 2.00 bits per heavy atom. The van der Waals surface area contributed by atoms with Crippen molar-refractivity contribution in [3.63, 3.8) is 0 Å². The van der Waals surface area contributed by atoms with Crippen molar-refractivity contribution < 1.29 is 9.53 Å². The largest absolute Gasteiger partial charge is 0.459 e. The minimum absolute atomic E-state index is 0.0445. The van der Waals surface area contributed by atoms with Gasteiger partial charge in [0.25, 0.3) is 0 Å². The van der Waals surface area contributed by atoms with E-state index in [1.165, 1.54) is 16.7 Å². The fraction of sp³-hybridized carbons (Fsp3) is 0.560. The number of rotatable bonds is 9. The summed E-state index contributed by atoms with van der Waals surface area (Å²) >= 11 is 0. The van der Waals surface area contributed by atoms with E-state index in [1.54, 1.807) is 0 Å². The third kappa shape index (κ3) is 7.36. The summed E-state index contributed by atoms with van der Waals surface area (Å²) in [5, 5.41) is 0. The Morgan fingerprint density at radius 3 is 2.63 bits per heavy atom. The minimum atomic E-state index is -0.368. The lowest BCUT2D eigenvalue weighted by molar-refractivity contribution is -0.165. The van der Waals surface area contributed by atoms with E-state index in [4.69, 9.17) is 4.74 Å². The average molecular weight is 369 g/mol. The molecule has 1 aromatic rings. The summed E-state index contributed by atoms with van der Waals surface area (Å²) in [6.07, 6.45) is 12.0. The standard InChI is InChI=1S/C25H36O2/c1-20(2)10-9-19-25(4,23-17-15-21(3)16-18-23)27-24(26)14-8-13-22-11-6-5-7-12-22/h5-7,10-12,15,23H,8-9,13-14,16-19H2,1-4H3. The molecule has 0 saturated heterocycles. The van der Waals surface area contributed by atoms with Gasteiger partial charge in [-0.1, -0.05) is 53.6 Å². The first-order valence-corrected chi connectivity index (χ1v) is 10.4. The molecule has 2 nitrogen and oxygen atoms in total. The van der Waals surface area contributed by atoms with E-state index in [2.05, 4.69) is 52.0 Å². The van der Waals surface area contributed by atoms with Crippen molar-refractivity contribution >= 4 is 5.97 Å². The number of carbonyl (C=O) groups excluding carboxylic acids is 1. The van der Waals surface area contributed by atoms with Gasteiger partial charge < -0.3 is 4.74 Å². The molecule has 2 atom stereocenters. The van der Waals surface area contributed by atoms with Crippen molar-refractivity contribution in [3.8, 4) is 0 Å². The second kappa shape index (κ2) is 10.5. The van der Waals surface area contributed by atoms with Crippen LogP contribution in [0.1, 0.15) is 78.2 Å². The fourth-order valence-corrected chi connectivity index (χ4v) is 3.90. The van der Waals surface area contributed by atoms with Gasteiger partial charge in [0.2, 0.25) is 0 Å². The Morgan fingerprint density at radius 1 is 1.26 bits per heavy atom. The fourth-order valence-electron chi connectivity index (χ4n) is 3.90. The lowest BCUT2D eigenvalue weighted by Crippen LogP contribution is -2.40. The molecule has 0 radical (unpaired) electrons. The maximum Gasteiger partial charge on any atom is 0.306 e. The van der Waals surface area contributed by atoms with Crippen molar-refractivity contribution in [2.75, 3.05) is 0 Å². The quantitative estimate of drug-likeness (QED) is 0.354. The summed E-state index contributed by atoms with van der Waals surface area (Å²) in [5.74, 6) is 0.377. The maximum absolute atomic E-state index is 12.6. The van der Waals surface area contributed by atoms with Gasteiger partial charge in [-0.25, -0.2) is 0 Å². The molecule has 0 bridgehead atoms. The minimum Gasteiger partial charge on any atom is -0.459 e. The van der Waals surface area contributed by atoms with E-state index in [0.29, 0.717) is 12.3 Å². The molecule has 1 aliphatic rings. The van der Waals surface area contributed by atoms with Crippen molar-refractivity contribution in [2.24, 2.45) is 5.92 Å². The molecule has 0 amide bonds. The number of hydrogen-bond acceptors (Lipinski definition) is 2. The Bertz CT molecular complexity index is 652. The molecule has 27 heavy (non-hydrogen) atoms.